The summed E-state index contributed by atoms with van der Waals surface area (Å²) in [5.41, 5.74) is 1.03. The standard InChI is InChI=1S/C18H28N8O2/c1-23-12-15(11-20-23)18-16(13-24-6-3-2-4-7-24)28-10-9-26(18)17(27)5-8-25-14-19-21-22-25/h11-12,14,16,18H,2-10,13H2,1H3/t16-,18-/m0/s1. The molecule has 10 nitrogen and oxygen atoms in total. The van der Waals surface area contributed by atoms with Crippen molar-refractivity contribution in [2.45, 2.75) is 44.4 Å². The van der Waals surface area contributed by atoms with Gasteiger partial charge in [-0.3, -0.25) is 9.48 Å². The maximum Gasteiger partial charge on any atom is 0.225 e. The number of likely N-dealkylation sites (tertiary alicyclic amines) is 1. The molecule has 2 aromatic rings. The van der Waals surface area contributed by atoms with Gasteiger partial charge in [-0.2, -0.15) is 5.10 Å². The Hall–Kier alpha value is -2.33. The maximum absolute atomic E-state index is 13.1. The Morgan fingerprint density at radius 2 is 2.11 bits per heavy atom. The van der Waals surface area contributed by atoms with Gasteiger partial charge in [0.2, 0.25) is 5.91 Å². The number of piperidine rings is 1. The first-order valence-corrected chi connectivity index (χ1v) is 10.0. The zero-order valence-electron chi connectivity index (χ0n) is 16.4. The van der Waals surface area contributed by atoms with Gasteiger partial charge < -0.3 is 14.5 Å². The summed E-state index contributed by atoms with van der Waals surface area (Å²) >= 11 is 0. The largest absolute Gasteiger partial charge is 0.373 e. The van der Waals surface area contributed by atoms with E-state index in [1.807, 2.05) is 24.3 Å². The average molecular weight is 388 g/mol. The molecule has 10 heteroatoms. The summed E-state index contributed by atoms with van der Waals surface area (Å²) in [7, 11) is 1.90. The minimum absolute atomic E-state index is 0.0481. The van der Waals surface area contributed by atoms with Crippen molar-refractivity contribution in [3.8, 4) is 0 Å². The van der Waals surface area contributed by atoms with Crippen LogP contribution in [0.2, 0.25) is 0 Å². The van der Waals surface area contributed by atoms with Gasteiger partial charge in [0.25, 0.3) is 0 Å². The van der Waals surface area contributed by atoms with Crippen LogP contribution in [0.1, 0.15) is 37.3 Å². The second-order valence-electron chi connectivity index (χ2n) is 7.57. The van der Waals surface area contributed by atoms with Gasteiger partial charge in [0.1, 0.15) is 6.33 Å². The van der Waals surface area contributed by atoms with Crippen LogP contribution in [0.15, 0.2) is 18.7 Å². The third-order valence-electron chi connectivity index (χ3n) is 5.57. The predicted octanol–water partition coefficient (Wildman–Crippen LogP) is 0.251. The summed E-state index contributed by atoms with van der Waals surface area (Å²) in [4.78, 5) is 17.5. The second kappa shape index (κ2) is 8.78. The van der Waals surface area contributed by atoms with Crippen LogP contribution in [0, 0.1) is 0 Å². The summed E-state index contributed by atoms with van der Waals surface area (Å²) < 4.78 is 9.55. The van der Waals surface area contributed by atoms with E-state index in [1.165, 1.54) is 25.6 Å². The molecule has 4 heterocycles. The first kappa shape index (κ1) is 19.0. The minimum Gasteiger partial charge on any atom is -0.373 e. The normalized spacial score (nSPS) is 23.8. The Kier molecular flexibility index (Phi) is 5.96. The molecular weight excluding hydrogens is 360 g/mol. The van der Waals surface area contributed by atoms with Gasteiger partial charge in [-0.05, 0) is 36.4 Å². The molecule has 0 aliphatic carbocycles. The molecule has 0 unspecified atom stereocenters. The van der Waals surface area contributed by atoms with Crippen LogP contribution in [0.3, 0.4) is 0 Å². The molecular formula is C18H28N8O2. The molecule has 0 bridgehead atoms. The number of aromatic nitrogens is 6. The Morgan fingerprint density at radius 3 is 2.82 bits per heavy atom. The van der Waals surface area contributed by atoms with Crippen LogP contribution in [0.4, 0.5) is 0 Å². The smallest absolute Gasteiger partial charge is 0.225 e. The Bertz CT molecular complexity index is 755. The van der Waals surface area contributed by atoms with E-state index in [1.54, 1.807) is 9.36 Å². The number of morpholine rings is 1. The first-order chi connectivity index (χ1) is 13.7. The fourth-order valence-electron chi connectivity index (χ4n) is 4.19. The van der Waals surface area contributed by atoms with E-state index in [2.05, 4.69) is 25.5 Å². The molecule has 0 saturated carbocycles. The lowest BCUT2D eigenvalue weighted by Crippen LogP contribution is -2.52. The van der Waals surface area contributed by atoms with E-state index in [-0.39, 0.29) is 18.1 Å². The van der Waals surface area contributed by atoms with E-state index in [0.717, 1.165) is 25.2 Å². The molecule has 4 rings (SSSR count). The lowest BCUT2D eigenvalue weighted by atomic mass is 9.99. The van der Waals surface area contributed by atoms with Crippen molar-refractivity contribution in [1.29, 1.82) is 0 Å². The highest BCUT2D eigenvalue weighted by molar-refractivity contribution is 5.76. The number of aryl methyl sites for hydroxylation is 2. The van der Waals surface area contributed by atoms with E-state index in [4.69, 9.17) is 4.74 Å². The number of rotatable bonds is 6. The number of ether oxygens (including phenoxy) is 1. The topological polar surface area (TPSA) is 94.2 Å². The van der Waals surface area contributed by atoms with Crippen LogP contribution in [0.25, 0.3) is 0 Å². The van der Waals surface area contributed by atoms with Crippen molar-refractivity contribution >= 4 is 5.91 Å². The SMILES string of the molecule is Cn1cc([C@H]2[C@H](CN3CCCCC3)OCCN2C(=O)CCn2cnnn2)cn1. The fourth-order valence-corrected chi connectivity index (χ4v) is 4.19. The summed E-state index contributed by atoms with van der Waals surface area (Å²) in [5, 5.41) is 15.4. The van der Waals surface area contributed by atoms with Gasteiger partial charge in [-0.1, -0.05) is 6.42 Å². The van der Waals surface area contributed by atoms with Gasteiger partial charge in [0.05, 0.1) is 31.5 Å². The number of carbonyl (C=O) groups is 1. The molecule has 2 aliphatic heterocycles. The fraction of sp³-hybridized carbons (Fsp3) is 0.722. The van der Waals surface area contributed by atoms with E-state index in [9.17, 15) is 4.79 Å². The molecule has 28 heavy (non-hydrogen) atoms. The third-order valence-corrected chi connectivity index (χ3v) is 5.57. The Labute approximate surface area is 164 Å². The summed E-state index contributed by atoms with van der Waals surface area (Å²) in [6.07, 6.45) is 9.46. The molecule has 2 aliphatic rings. The first-order valence-electron chi connectivity index (χ1n) is 10.0. The number of hydrogen-bond donors (Lipinski definition) is 0. The molecule has 1 amide bonds. The van der Waals surface area contributed by atoms with Gasteiger partial charge in [-0.15, -0.1) is 5.10 Å². The molecule has 152 valence electrons. The third kappa shape index (κ3) is 4.39. The van der Waals surface area contributed by atoms with Crippen molar-refractivity contribution in [3.05, 3.63) is 24.3 Å². The van der Waals surface area contributed by atoms with Crippen molar-refractivity contribution in [2.75, 3.05) is 32.8 Å². The lowest BCUT2D eigenvalue weighted by Gasteiger charge is -2.43. The van der Waals surface area contributed by atoms with Crippen LogP contribution in [-0.2, 0) is 23.1 Å². The molecule has 0 N–H and O–H groups in total. The van der Waals surface area contributed by atoms with E-state index >= 15 is 0 Å². The Morgan fingerprint density at radius 1 is 1.25 bits per heavy atom. The Balaban J connectivity index is 1.50. The highest BCUT2D eigenvalue weighted by Crippen LogP contribution is 2.31. The molecule has 2 saturated heterocycles. The van der Waals surface area contributed by atoms with Crippen molar-refractivity contribution in [3.63, 3.8) is 0 Å². The second-order valence-corrected chi connectivity index (χ2v) is 7.57. The maximum atomic E-state index is 13.1. The van der Waals surface area contributed by atoms with E-state index < -0.39 is 0 Å². The predicted molar refractivity (Wildman–Crippen MR) is 100 cm³/mol. The monoisotopic (exact) mass is 388 g/mol. The van der Waals surface area contributed by atoms with Crippen LogP contribution in [0.5, 0.6) is 0 Å². The van der Waals surface area contributed by atoms with Gasteiger partial charge in [-0.25, -0.2) is 4.68 Å². The number of amides is 1. The molecule has 0 spiro atoms. The van der Waals surface area contributed by atoms with Crippen molar-refractivity contribution in [2.24, 2.45) is 7.05 Å². The zero-order valence-corrected chi connectivity index (χ0v) is 16.4. The number of nitrogens with zero attached hydrogens (tertiary/aromatic N) is 8. The van der Waals surface area contributed by atoms with Gasteiger partial charge in [0, 0.05) is 38.3 Å². The van der Waals surface area contributed by atoms with Crippen LogP contribution in [-0.4, -0.2) is 84.6 Å². The average Bonchev–Trinajstić information content (AvgIpc) is 3.38. The summed E-state index contributed by atoms with van der Waals surface area (Å²) in [6, 6.07) is -0.120. The van der Waals surface area contributed by atoms with Gasteiger partial charge in [0.15, 0.2) is 0 Å². The molecule has 2 fully saturated rings. The quantitative estimate of drug-likeness (QED) is 0.700. The number of hydrogen-bond acceptors (Lipinski definition) is 7. The van der Waals surface area contributed by atoms with Crippen LogP contribution < -0.4 is 0 Å². The number of carbonyl (C=O) groups excluding carboxylic acids is 1. The lowest BCUT2D eigenvalue weighted by molar-refractivity contribution is -0.149. The molecule has 0 radical (unpaired) electrons. The van der Waals surface area contributed by atoms with Crippen molar-refractivity contribution in [1.82, 2.24) is 39.8 Å². The van der Waals surface area contributed by atoms with E-state index in [0.29, 0.717) is 26.1 Å². The summed E-state index contributed by atoms with van der Waals surface area (Å²) in [5.74, 6) is 0.0938. The van der Waals surface area contributed by atoms with Crippen molar-refractivity contribution < 1.29 is 9.53 Å². The molecule has 2 atom stereocenters. The van der Waals surface area contributed by atoms with Gasteiger partial charge >= 0.3 is 0 Å². The highest BCUT2D eigenvalue weighted by atomic mass is 16.5. The summed E-state index contributed by atoms with van der Waals surface area (Å²) in [6.45, 7) is 4.67. The molecule has 0 aromatic carbocycles. The molecule has 2 aromatic heterocycles. The zero-order chi connectivity index (χ0) is 19.3. The highest BCUT2D eigenvalue weighted by Gasteiger charge is 2.38. The minimum atomic E-state index is -0.120. The number of tetrazole rings is 1. The van der Waals surface area contributed by atoms with Crippen LogP contribution >= 0.6 is 0 Å².